The number of amides is 1. The summed E-state index contributed by atoms with van der Waals surface area (Å²) in [6.45, 7) is 3.85. The van der Waals surface area contributed by atoms with Gasteiger partial charge in [-0.1, -0.05) is 11.6 Å². The van der Waals surface area contributed by atoms with Gasteiger partial charge in [-0.25, -0.2) is 0 Å². The first-order valence-electron chi connectivity index (χ1n) is 8.90. The summed E-state index contributed by atoms with van der Waals surface area (Å²) in [6, 6.07) is 2.04. The van der Waals surface area contributed by atoms with Crippen LogP contribution in [0.1, 0.15) is 41.6 Å². The molecular formula is C18H24ClN3O2. The van der Waals surface area contributed by atoms with Crippen molar-refractivity contribution in [1.29, 1.82) is 0 Å². The number of carbonyl (C=O) groups excluding carboxylic acids is 1. The number of hydrogen-bond acceptors (Lipinski definition) is 4. The Labute approximate surface area is 147 Å². The highest BCUT2D eigenvalue weighted by atomic mass is 35.5. The van der Waals surface area contributed by atoms with Crippen LogP contribution >= 0.6 is 11.6 Å². The molecule has 3 saturated heterocycles. The predicted molar refractivity (Wildman–Crippen MR) is 94.7 cm³/mol. The smallest absolute Gasteiger partial charge is 0.257 e. The van der Waals surface area contributed by atoms with Gasteiger partial charge in [-0.05, 0) is 62.7 Å². The van der Waals surface area contributed by atoms with Crippen molar-refractivity contribution < 1.29 is 9.53 Å². The first-order chi connectivity index (χ1) is 11.6. The Bertz CT molecular complexity index is 656. The Balaban J connectivity index is 1.63. The van der Waals surface area contributed by atoms with Gasteiger partial charge in [0, 0.05) is 12.6 Å². The van der Waals surface area contributed by atoms with Crippen molar-refractivity contribution in [2.75, 3.05) is 32.0 Å². The molecule has 130 valence electrons. The summed E-state index contributed by atoms with van der Waals surface area (Å²) < 4.78 is 5.88. The Morgan fingerprint density at radius 2 is 2.12 bits per heavy atom. The van der Waals surface area contributed by atoms with Crippen molar-refractivity contribution in [2.45, 2.75) is 38.1 Å². The van der Waals surface area contributed by atoms with E-state index < -0.39 is 0 Å². The molecule has 4 aliphatic rings. The number of aryl methyl sites for hydroxylation is 1. The van der Waals surface area contributed by atoms with E-state index in [0.717, 1.165) is 57.3 Å². The van der Waals surface area contributed by atoms with E-state index in [1.165, 1.54) is 0 Å². The maximum atomic E-state index is 13.0. The van der Waals surface area contributed by atoms with Gasteiger partial charge >= 0.3 is 0 Å². The van der Waals surface area contributed by atoms with Gasteiger partial charge in [0.1, 0.15) is 11.3 Å². The van der Waals surface area contributed by atoms with Crippen LogP contribution in [-0.4, -0.2) is 43.1 Å². The molecule has 6 heteroatoms. The second kappa shape index (κ2) is 6.45. The normalized spacial score (nSPS) is 28.6. The molecule has 0 aliphatic carbocycles. The van der Waals surface area contributed by atoms with Crippen LogP contribution in [0.15, 0.2) is 6.07 Å². The lowest BCUT2D eigenvalue weighted by molar-refractivity contribution is 0.0619. The quantitative estimate of drug-likeness (QED) is 0.805. The first-order valence-corrected chi connectivity index (χ1v) is 9.28. The molecular weight excluding hydrogens is 326 g/mol. The molecule has 4 aliphatic heterocycles. The van der Waals surface area contributed by atoms with Crippen LogP contribution in [0, 0.1) is 5.92 Å². The highest BCUT2D eigenvalue weighted by molar-refractivity contribution is 6.34. The molecule has 5 rings (SSSR count). The van der Waals surface area contributed by atoms with E-state index in [9.17, 15) is 4.79 Å². The Hall–Kier alpha value is -1.46. The number of fused-ring (bicyclic) bond motifs is 4. The average molecular weight is 350 g/mol. The van der Waals surface area contributed by atoms with E-state index >= 15 is 0 Å². The lowest BCUT2D eigenvalue weighted by Crippen LogP contribution is -2.57. The lowest BCUT2D eigenvalue weighted by Gasteiger charge is -2.45. The Kier molecular flexibility index (Phi) is 4.31. The van der Waals surface area contributed by atoms with E-state index in [1.54, 1.807) is 0 Å². The van der Waals surface area contributed by atoms with Crippen molar-refractivity contribution in [3.05, 3.63) is 22.2 Å². The molecule has 1 aromatic carbocycles. The van der Waals surface area contributed by atoms with E-state index in [1.807, 2.05) is 6.07 Å². The third-order valence-electron chi connectivity index (χ3n) is 5.63. The standard InChI is InChI=1S/C18H24ClN3O2/c19-13-9-12-3-1-2-8-24-17(12)15(16(13)20)18(23)21-14-10-22-6-4-11(14)5-7-22/h9,11,14H,1-8,10,20H2,(H,21,23). The Morgan fingerprint density at radius 3 is 2.83 bits per heavy atom. The minimum Gasteiger partial charge on any atom is -0.492 e. The van der Waals surface area contributed by atoms with Gasteiger partial charge in [-0.15, -0.1) is 0 Å². The van der Waals surface area contributed by atoms with Crippen molar-refractivity contribution in [3.63, 3.8) is 0 Å². The van der Waals surface area contributed by atoms with Crippen LogP contribution in [-0.2, 0) is 6.42 Å². The lowest BCUT2D eigenvalue weighted by atomic mass is 9.84. The van der Waals surface area contributed by atoms with Crippen molar-refractivity contribution >= 4 is 23.2 Å². The number of nitrogens with one attached hydrogen (secondary N) is 1. The Morgan fingerprint density at radius 1 is 1.33 bits per heavy atom. The average Bonchev–Trinajstić information content (AvgIpc) is 2.82. The topological polar surface area (TPSA) is 67.6 Å². The van der Waals surface area contributed by atoms with Crippen LogP contribution in [0.3, 0.4) is 0 Å². The molecule has 0 saturated carbocycles. The van der Waals surface area contributed by atoms with Gasteiger partial charge in [-0.3, -0.25) is 4.79 Å². The zero-order valence-corrected chi connectivity index (χ0v) is 14.6. The van der Waals surface area contributed by atoms with E-state index in [0.29, 0.717) is 34.5 Å². The number of ether oxygens (including phenoxy) is 1. The zero-order chi connectivity index (χ0) is 16.7. The second-order valence-corrected chi connectivity index (χ2v) is 7.57. The van der Waals surface area contributed by atoms with Gasteiger partial charge in [0.2, 0.25) is 0 Å². The minimum absolute atomic E-state index is 0.146. The molecule has 0 radical (unpaired) electrons. The van der Waals surface area contributed by atoms with Crippen LogP contribution in [0.2, 0.25) is 5.02 Å². The number of hydrogen-bond donors (Lipinski definition) is 2. The van der Waals surface area contributed by atoms with Gasteiger partial charge < -0.3 is 20.7 Å². The zero-order valence-electron chi connectivity index (χ0n) is 13.8. The van der Waals surface area contributed by atoms with E-state index in [2.05, 4.69) is 10.2 Å². The first kappa shape index (κ1) is 16.0. The molecule has 1 unspecified atom stereocenters. The number of benzene rings is 1. The maximum Gasteiger partial charge on any atom is 0.257 e. The fourth-order valence-electron chi connectivity index (χ4n) is 4.24. The highest BCUT2D eigenvalue weighted by Gasteiger charge is 2.36. The monoisotopic (exact) mass is 349 g/mol. The van der Waals surface area contributed by atoms with Crippen molar-refractivity contribution in [3.8, 4) is 5.75 Å². The molecule has 5 nitrogen and oxygen atoms in total. The summed E-state index contributed by atoms with van der Waals surface area (Å²) in [5, 5.41) is 3.65. The SMILES string of the molecule is Nc1c(Cl)cc2c(c1C(=O)NC1CN3CCC1CC3)OCCCC2. The van der Waals surface area contributed by atoms with Crippen LogP contribution in [0.25, 0.3) is 0 Å². The fraction of sp³-hybridized carbons (Fsp3) is 0.611. The molecule has 1 aromatic rings. The molecule has 3 N–H and O–H groups in total. The van der Waals surface area contributed by atoms with Crippen LogP contribution in [0.4, 0.5) is 5.69 Å². The van der Waals surface area contributed by atoms with Crippen molar-refractivity contribution in [1.82, 2.24) is 10.2 Å². The maximum absolute atomic E-state index is 13.0. The molecule has 0 aromatic heterocycles. The van der Waals surface area contributed by atoms with Gasteiger partial charge in [-0.2, -0.15) is 0 Å². The number of rotatable bonds is 2. The largest absolute Gasteiger partial charge is 0.492 e. The summed E-state index contributed by atoms with van der Waals surface area (Å²) in [5.41, 5.74) is 7.90. The molecule has 0 spiro atoms. The summed E-state index contributed by atoms with van der Waals surface area (Å²) in [4.78, 5) is 15.4. The molecule has 24 heavy (non-hydrogen) atoms. The number of nitrogen functional groups attached to an aromatic ring is 1. The number of carbonyl (C=O) groups is 1. The van der Waals surface area contributed by atoms with Crippen LogP contribution < -0.4 is 15.8 Å². The molecule has 3 fully saturated rings. The van der Waals surface area contributed by atoms with Crippen molar-refractivity contribution in [2.24, 2.45) is 5.92 Å². The van der Waals surface area contributed by atoms with Gasteiger partial charge in [0.25, 0.3) is 5.91 Å². The minimum atomic E-state index is -0.146. The van der Waals surface area contributed by atoms with E-state index in [4.69, 9.17) is 22.1 Å². The third-order valence-corrected chi connectivity index (χ3v) is 5.95. The summed E-state index contributed by atoms with van der Waals surface area (Å²) >= 11 is 6.29. The summed E-state index contributed by atoms with van der Waals surface area (Å²) in [7, 11) is 0. The number of nitrogens with zero attached hydrogens (tertiary/aromatic N) is 1. The number of halogens is 1. The summed E-state index contributed by atoms with van der Waals surface area (Å²) in [5.74, 6) is 1.05. The van der Waals surface area contributed by atoms with E-state index in [-0.39, 0.29) is 11.9 Å². The fourth-order valence-corrected chi connectivity index (χ4v) is 4.46. The third kappa shape index (κ3) is 2.84. The number of anilines is 1. The predicted octanol–water partition coefficient (Wildman–Crippen LogP) is 2.46. The highest BCUT2D eigenvalue weighted by Crippen LogP contribution is 2.38. The van der Waals surface area contributed by atoms with Crippen LogP contribution in [0.5, 0.6) is 5.75 Å². The number of nitrogens with two attached hydrogens (primary N) is 1. The second-order valence-electron chi connectivity index (χ2n) is 7.16. The molecule has 1 amide bonds. The molecule has 4 heterocycles. The number of piperidine rings is 3. The summed E-state index contributed by atoms with van der Waals surface area (Å²) in [6.07, 6.45) is 5.20. The van der Waals surface area contributed by atoms with Gasteiger partial charge in [0.05, 0.1) is 17.3 Å². The molecule has 2 bridgehead atoms. The molecule has 1 atom stereocenters. The van der Waals surface area contributed by atoms with Gasteiger partial charge in [0.15, 0.2) is 0 Å².